The Morgan fingerprint density at radius 3 is 2.43 bits per heavy atom. The van der Waals surface area contributed by atoms with Crippen LogP contribution < -0.4 is 10.1 Å². The third kappa shape index (κ3) is 5.93. The smallest absolute Gasteiger partial charge is 0.256 e. The van der Waals surface area contributed by atoms with E-state index in [4.69, 9.17) is 14.2 Å². The molecule has 0 unspecified atom stereocenters. The van der Waals surface area contributed by atoms with Gasteiger partial charge in [0.1, 0.15) is 11.4 Å². The zero-order valence-electron chi connectivity index (χ0n) is 17.1. The molecule has 0 atom stereocenters. The summed E-state index contributed by atoms with van der Waals surface area (Å²) in [6, 6.07) is 7.62. The predicted octanol–water partition coefficient (Wildman–Crippen LogP) is 3.47. The zero-order chi connectivity index (χ0) is 19.7. The Hall–Kier alpha value is -1.63. The standard InChI is InChI=1S/C22H34N2O4/c1-26-22(11-4-2-3-5-12-22)21(25)23-19-7-9-20(10-8-19)28-16-6-13-24-14-17-27-18-15-24/h7-10H,2-6,11-18H2,1H3,(H,23,25). The molecule has 1 aromatic rings. The number of carbonyl (C=O) groups is 1. The first-order chi connectivity index (χ1) is 13.7. The van der Waals surface area contributed by atoms with Crippen LogP contribution in [0.5, 0.6) is 5.75 Å². The first-order valence-corrected chi connectivity index (χ1v) is 10.6. The lowest BCUT2D eigenvalue weighted by molar-refractivity contribution is -0.139. The monoisotopic (exact) mass is 390 g/mol. The molecule has 0 aromatic heterocycles. The highest BCUT2D eigenvalue weighted by Gasteiger charge is 2.38. The van der Waals surface area contributed by atoms with Gasteiger partial charge in [-0.05, 0) is 43.5 Å². The molecule has 0 spiro atoms. The number of morpholine rings is 1. The average molecular weight is 391 g/mol. The number of methoxy groups -OCH3 is 1. The second-order valence-electron chi connectivity index (χ2n) is 7.75. The fourth-order valence-electron chi connectivity index (χ4n) is 4.01. The van der Waals surface area contributed by atoms with Crippen LogP contribution in [0, 0.1) is 0 Å². The average Bonchev–Trinajstić information content (AvgIpc) is 3.00. The summed E-state index contributed by atoms with van der Waals surface area (Å²) < 4.78 is 16.9. The van der Waals surface area contributed by atoms with Crippen molar-refractivity contribution in [2.45, 2.75) is 50.5 Å². The van der Waals surface area contributed by atoms with Crippen molar-refractivity contribution in [1.82, 2.24) is 4.90 Å². The number of carbonyl (C=O) groups excluding carboxylic acids is 1. The maximum atomic E-state index is 12.8. The van der Waals surface area contributed by atoms with Gasteiger partial charge in [-0.1, -0.05) is 25.7 Å². The Labute approximate surface area is 168 Å². The van der Waals surface area contributed by atoms with E-state index in [9.17, 15) is 4.79 Å². The quantitative estimate of drug-likeness (QED) is 0.544. The van der Waals surface area contributed by atoms with Gasteiger partial charge in [0.2, 0.25) is 0 Å². The fourth-order valence-corrected chi connectivity index (χ4v) is 4.01. The molecule has 1 amide bonds. The minimum atomic E-state index is -0.689. The largest absolute Gasteiger partial charge is 0.494 e. The van der Waals surface area contributed by atoms with E-state index >= 15 is 0 Å². The van der Waals surface area contributed by atoms with Gasteiger partial charge in [0.25, 0.3) is 5.91 Å². The van der Waals surface area contributed by atoms with Crippen molar-refractivity contribution in [3.63, 3.8) is 0 Å². The molecule has 1 aromatic carbocycles. The van der Waals surface area contributed by atoms with Crippen LogP contribution in [-0.2, 0) is 14.3 Å². The van der Waals surface area contributed by atoms with Crippen LogP contribution in [0.4, 0.5) is 5.69 Å². The zero-order valence-corrected chi connectivity index (χ0v) is 17.1. The summed E-state index contributed by atoms with van der Waals surface area (Å²) in [7, 11) is 1.65. The first kappa shape index (κ1) is 21.1. The van der Waals surface area contributed by atoms with Crippen LogP contribution in [0.2, 0.25) is 0 Å². The summed E-state index contributed by atoms with van der Waals surface area (Å²) in [5, 5.41) is 3.03. The van der Waals surface area contributed by atoms with Crippen molar-refractivity contribution >= 4 is 11.6 Å². The van der Waals surface area contributed by atoms with Crippen molar-refractivity contribution in [1.29, 1.82) is 0 Å². The summed E-state index contributed by atoms with van der Waals surface area (Å²) in [6.07, 6.45) is 7.01. The van der Waals surface area contributed by atoms with Gasteiger partial charge in [-0.3, -0.25) is 9.69 Å². The van der Waals surface area contributed by atoms with Crippen LogP contribution in [0.3, 0.4) is 0 Å². The van der Waals surface area contributed by atoms with E-state index in [1.165, 1.54) is 12.8 Å². The maximum absolute atomic E-state index is 12.8. The van der Waals surface area contributed by atoms with E-state index in [-0.39, 0.29) is 5.91 Å². The van der Waals surface area contributed by atoms with Gasteiger partial charge in [-0.25, -0.2) is 0 Å². The molecule has 1 aliphatic heterocycles. The number of anilines is 1. The summed E-state index contributed by atoms with van der Waals surface area (Å²) >= 11 is 0. The summed E-state index contributed by atoms with van der Waals surface area (Å²) in [5.74, 6) is 0.798. The Kier molecular flexibility index (Phi) is 8.13. The molecule has 6 heteroatoms. The summed E-state index contributed by atoms with van der Waals surface area (Å²) in [5.41, 5.74) is 0.0943. The van der Waals surface area contributed by atoms with E-state index in [1.807, 2.05) is 24.3 Å². The fraction of sp³-hybridized carbons (Fsp3) is 0.682. The van der Waals surface area contributed by atoms with Crippen molar-refractivity contribution in [3.05, 3.63) is 24.3 Å². The molecule has 1 heterocycles. The van der Waals surface area contributed by atoms with E-state index in [0.29, 0.717) is 6.61 Å². The highest BCUT2D eigenvalue weighted by molar-refractivity contribution is 5.97. The molecule has 2 aliphatic rings. The number of benzene rings is 1. The van der Waals surface area contributed by atoms with Gasteiger partial charge >= 0.3 is 0 Å². The number of ether oxygens (including phenoxy) is 3. The van der Waals surface area contributed by atoms with Crippen LogP contribution >= 0.6 is 0 Å². The molecule has 3 rings (SSSR count). The van der Waals surface area contributed by atoms with Crippen molar-refractivity contribution in [2.75, 3.05) is 51.9 Å². The maximum Gasteiger partial charge on any atom is 0.256 e. The van der Waals surface area contributed by atoms with Gasteiger partial charge in [0.15, 0.2) is 0 Å². The molecule has 2 fully saturated rings. The second kappa shape index (κ2) is 10.8. The van der Waals surface area contributed by atoms with E-state index < -0.39 is 5.60 Å². The molecule has 1 aliphatic carbocycles. The van der Waals surface area contributed by atoms with Gasteiger partial charge in [0.05, 0.1) is 19.8 Å². The molecule has 0 bridgehead atoms. The van der Waals surface area contributed by atoms with Crippen molar-refractivity contribution < 1.29 is 19.0 Å². The van der Waals surface area contributed by atoms with E-state index in [0.717, 1.165) is 76.4 Å². The molecule has 0 radical (unpaired) electrons. The van der Waals surface area contributed by atoms with Gasteiger partial charge in [0, 0.05) is 32.4 Å². The number of hydrogen-bond acceptors (Lipinski definition) is 5. The number of nitrogens with zero attached hydrogens (tertiary/aromatic N) is 1. The Balaban J connectivity index is 1.43. The van der Waals surface area contributed by atoms with Gasteiger partial charge < -0.3 is 19.5 Å². The van der Waals surface area contributed by atoms with Crippen LogP contribution in [0.15, 0.2) is 24.3 Å². The second-order valence-corrected chi connectivity index (χ2v) is 7.75. The highest BCUT2D eigenvalue weighted by atomic mass is 16.5. The SMILES string of the molecule is COC1(C(=O)Nc2ccc(OCCCN3CCOCC3)cc2)CCCCCC1. The van der Waals surface area contributed by atoms with Gasteiger partial charge in [-0.2, -0.15) is 0 Å². The highest BCUT2D eigenvalue weighted by Crippen LogP contribution is 2.31. The molecule has 156 valence electrons. The topological polar surface area (TPSA) is 60.0 Å². The number of rotatable bonds is 8. The number of hydrogen-bond donors (Lipinski definition) is 1. The lowest BCUT2D eigenvalue weighted by Gasteiger charge is -2.29. The molecular formula is C22H34N2O4. The molecule has 6 nitrogen and oxygen atoms in total. The van der Waals surface area contributed by atoms with Crippen molar-refractivity contribution in [3.8, 4) is 5.75 Å². The summed E-state index contributed by atoms with van der Waals surface area (Å²) in [6.45, 7) is 5.41. The molecule has 28 heavy (non-hydrogen) atoms. The molecule has 1 saturated heterocycles. The summed E-state index contributed by atoms with van der Waals surface area (Å²) in [4.78, 5) is 15.2. The van der Waals surface area contributed by atoms with Crippen LogP contribution in [-0.4, -0.2) is 63.0 Å². The lowest BCUT2D eigenvalue weighted by Crippen LogP contribution is -2.44. The third-order valence-corrected chi connectivity index (χ3v) is 5.82. The molecule has 1 N–H and O–H groups in total. The minimum absolute atomic E-state index is 0.0314. The Bertz CT molecular complexity index is 591. The van der Waals surface area contributed by atoms with E-state index in [1.54, 1.807) is 7.11 Å². The Morgan fingerprint density at radius 1 is 1.11 bits per heavy atom. The van der Waals surface area contributed by atoms with Gasteiger partial charge in [-0.15, -0.1) is 0 Å². The number of nitrogens with one attached hydrogen (secondary N) is 1. The normalized spacial score (nSPS) is 20.3. The van der Waals surface area contributed by atoms with E-state index in [2.05, 4.69) is 10.2 Å². The number of amides is 1. The van der Waals surface area contributed by atoms with Crippen LogP contribution in [0.1, 0.15) is 44.9 Å². The predicted molar refractivity (Wildman–Crippen MR) is 110 cm³/mol. The lowest BCUT2D eigenvalue weighted by atomic mass is 9.93. The Morgan fingerprint density at radius 2 is 1.79 bits per heavy atom. The molecular weight excluding hydrogens is 356 g/mol. The molecule has 1 saturated carbocycles. The first-order valence-electron chi connectivity index (χ1n) is 10.6. The third-order valence-electron chi connectivity index (χ3n) is 5.82. The minimum Gasteiger partial charge on any atom is -0.494 e. The van der Waals surface area contributed by atoms with Crippen molar-refractivity contribution in [2.24, 2.45) is 0 Å². The van der Waals surface area contributed by atoms with Crippen LogP contribution in [0.25, 0.3) is 0 Å².